The quantitative estimate of drug-likeness (QED) is 0.744. The van der Waals surface area contributed by atoms with Crippen LogP contribution in [-0.4, -0.2) is 31.8 Å². The molecule has 0 saturated heterocycles. The highest BCUT2D eigenvalue weighted by Gasteiger charge is 2.21. The lowest BCUT2D eigenvalue weighted by Crippen LogP contribution is -2.29. The summed E-state index contributed by atoms with van der Waals surface area (Å²) in [4.78, 5) is 10.3. The maximum Gasteiger partial charge on any atom is 0.322 e. The van der Waals surface area contributed by atoms with Crippen molar-refractivity contribution in [2.75, 3.05) is 6.61 Å². The number of rotatable bonds is 4. The number of aliphatic hydroxyl groups is 1. The summed E-state index contributed by atoms with van der Waals surface area (Å²) < 4.78 is 1.19. The summed E-state index contributed by atoms with van der Waals surface area (Å²) in [5.74, 6) is -0.984. The van der Waals surface area contributed by atoms with Crippen molar-refractivity contribution in [2.24, 2.45) is 0 Å². The third-order valence-corrected chi connectivity index (χ3v) is 1.91. The highest BCUT2D eigenvalue weighted by atomic mass is 79.9. The number of halogens is 2. The monoisotopic (exact) mass is 275 g/mol. The van der Waals surface area contributed by atoms with Crippen molar-refractivity contribution in [2.45, 2.75) is 12.5 Å². The zero-order chi connectivity index (χ0) is 8.15. The van der Waals surface area contributed by atoms with Gasteiger partial charge in [0.05, 0.1) is 0 Å². The van der Waals surface area contributed by atoms with Crippen LogP contribution in [0.4, 0.5) is 0 Å². The topological polar surface area (TPSA) is 60.8 Å². The van der Waals surface area contributed by atoms with Gasteiger partial charge in [0.15, 0.2) is 0 Å². The molecule has 0 saturated carbocycles. The fraction of sp³-hybridized carbons (Fsp3) is 0.750. The molecule has 0 rings (SSSR count). The number of carbonyl (C=O) groups is 1. The summed E-state index contributed by atoms with van der Waals surface area (Å²) in [6, 6.07) is -0.731. The van der Waals surface area contributed by atoms with E-state index in [-0.39, 0.29) is 13.0 Å². The van der Waals surface area contributed by atoms with Gasteiger partial charge in [-0.3, -0.25) is 4.79 Å². The second-order valence-corrected chi connectivity index (χ2v) is 4.11. The van der Waals surface area contributed by atoms with Crippen LogP contribution in [-0.2, 0) is 4.79 Å². The molecule has 0 unspecified atom stereocenters. The second-order valence-electron chi connectivity index (χ2n) is 1.63. The fourth-order valence-corrected chi connectivity index (χ4v) is 1.19. The minimum atomic E-state index is -0.984. The van der Waals surface area contributed by atoms with Crippen LogP contribution in [0.5, 0.6) is 0 Å². The van der Waals surface area contributed by atoms with Crippen LogP contribution in [0.3, 0.4) is 0 Å². The minimum absolute atomic E-state index is 0.148. The first kappa shape index (κ1) is 10.3. The average Bonchev–Trinajstić information content (AvgIpc) is 1.81. The Labute approximate surface area is 75.5 Å². The standard InChI is InChI=1S/C4H7Br2NO3/c5-7(6)3(1-2-8)4(9)10/h3,8H,1-2H2,(H,9,10)/t3-/m0/s1. The third kappa shape index (κ3) is 3.50. The SMILES string of the molecule is O=C(O)[C@H](CCO)N(Br)Br. The lowest BCUT2D eigenvalue weighted by Gasteiger charge is -2.13. The predicted molar refractivity (Wildman–Crippen MR) is 42.8 cm³/mol. The van der Waals surface area contributed by atoms with Crippen LogP contribution >= 0.6 is 32.3 Å². The molecule has 60 valence electrons. The van der Waals surface area contributed by atoms with E-state index in [1.54, 1.807) is 0 Å². The van der Waals surface area contributed by atoms with Crippen molar-refractivity contribution in [3.63, 3.8) is 0 Å². The first-order chi connectivity index (χ1) is 4.59. The Hall–Kier alpha value is 0.350. The van der Waals surface area contributed by atoms with Gasteiger partial charge in [-0.2, -0.15) is 2.95 Å². The van der Waals surface area contributed by atoms with Crippen LogP contribution < -0.4 is 0 Å². The first-order valence-corrected chi connectivity index (χ1v) is 3.96. The van der Waals surface area contributed by atoms with Crippen LogP contribution in [0.25, 0.3) is 0 Å². The van der Waals surface area contributed by atoms with E-state index in [4.69, 9.17) is 10.2 Å². The zero-order valence-electron chi connectivity index (χ0n) is 5.00. The average molecular weight is 277 g/mol. The fourth-order valence-electron chi connectivity index (χ4n) is 0.427. The number of aliphatic carboxylic acids is 1. The summed E-state index contributed by atoms with van der Waals surface area (Å²) >= 11 is 5.80. The Morgan fingerprint density at radius 3 is 2.20 bits per heavy atom. The molecule has 10 heavy (non-hydrogen) atoms. The number of hydrogen-bond donors (Lipinski definition) is 2. The molecule has 0 aliphatic heterocycles. The Morgan fingerprint density at radius 1 is 1.60 bits per heavy atom. The molecule has 4 nitrogen and oxygen atoms in total. The van der Waals surface area contributed by atoms with E-state index in [1.807, 2.05) is 0 Å². The van der Waals surface area contributed by atoms with Gasteiger partial charge in [-0.25, -0.2) is 0 Å². The molecular weight excluding hydrogens is 270 g/mol. The van der Waals surface area contributed by atoms with Crippen LogP contribution in [0.1, 0.15) is 6.42 Å². The summed E-state index contributed by atoms with van der Waals surface area (Å²) in [6.07, 6.45) is 0.186. The van der Waals surface area contributed by atoms with Crippen LogP contribution in [0.2, 0.25) is 0 Å². The van der Waals surface area contributed by atoms with Gasteiger partial charge < -0.3 is 10.2 Å². The number of aliphatic hydroxyl groups excluding tert-OH is 1. The minimum Gasteiger partial charge on any atom is -0.480 e. The predicted octanol–water partition coefficient (Wildman–Crippen LogP) is 0.744. The molecule has 0 bridgehead atoms. The summed E-state index contributed by atoms with van der Waals surface area (Å²) in [7, 11) is 0. The molecule has 1 atom stereocenters. The van der Waals surface area contributed by atoms with Gasteiger partial charge in [0, 0.05) is 38.9 Å². The lowest BCUT2D eigenvalue weighted by molar-refractivity contribution is -0.140. The Balaban J connectivity index is 3.85. The molecule has 0 aromatic rings. The molecule has 6 heteroatoms. The van der Waals surface area contributed by atoms with Crippen molar-refractivity contribution in [1.29, 1.82) is 0 Å². The maximum absolute atomic E-state index is 10.3. The van der Waals surface area contributed by atoms with Gasteiger partial charge in [0.2, 0.25) is 0 Å². The van der Waals surface area contributed by atoms with Crippen molar-refractivity contribution < 1.29 is 15.0 Å². The zero-order valence-corrected chi connectivity index (χ0v) is 8.17. The summed E-state index contributed by atoms with van der Waals surface area (Å²) in [5.41, 5.74) is 0. The molecule has 0 radical (unpaired) electrons. The molecular formula is C4H7Br2NO3. The van der Waals surface area contributed by atoms with Gasteiger partial charge in [-0.05, 0) is 6.42 Å². The van der Waals surface area contributed by atoms with E-state index in [9.17, 15) is 4.79 Å². The Bertz CT molecular complexity index is 119. The van der Waals surface area contributed by atoms with E-state index in [1.165, 1.54) is 2.95 Å². The molecule has 2 N–H and O–H groups in total. The van der Waals surface area contributed by atoms with Crippen molar-refractivity contribution in [3.05, 3.63) is 0 Å². The smallest absolute Gasteiger partial charge is 0.322 e. The molecule has 0 aromatic carbocycles. The molecule has 0 heterocycles. The maximum atomic E-state index is 10.3. The van der Waals surface area contributed by atoms with E-state index in [0.29, 0.717) is 0 Å². The second kappa shape index (κ2) is 5.06. The van der Waals surface area contributed by atoms with Gasteiger partial charge in [-0.15, -0.1) is 0 Å². The molecule has 0 aromatic heterocycles. The van der Waals surface area contributed by atoms with Crippen LogP contribution in [0.15, 0.2) is 0 Å². The summed E-state index contributed by atoms with van der Waals surface area (Å²) in [5, 5.41) is 16.9. The van der Waals surface area contributed by atoms with Gasteiger partial charge in [0.1, 0.15) is 6.04 Å². The highest BCUT2D eigenvalue weighted by molar-refractivity contribution is 9.21. The van der Waals surface area contributed by atoms with E-state index in [2.05, 4.69) is 32.3 Å². The lowest BCUT2D eigenvalue weighted by atomic mass is 10.2. The largest absolute Gasteiger partial charge is 0.480 e. The number of carboxylic acid groups (broad SMARTS) is 1. The number of nitrogens with zero attached hydrogens (tertiary/aromatic N) is 1. The van der Waals surface area contributed by atoms with E-state index >= 15 is 0 Å². The third-order valence-electron chi connectivity index (χ3n) is 0.923. The van der Waals surface area contributed by atoms with Crippen molar-refractivity contribution in [1.82, 2.24) is 2.95 Å². The van der Waals surface area contributed by atoms with Gasteiger partial charge >= 0.3 is 5.97 Å². The van der Waals surface area contributed by atoms with E-state index in [0.717, 1.165) is 0 Å². The highest BCUT2D eigenvalue weighted by Crippen LogP contribution is 2.14. The molecule has 0 aliphatic rings. The normalized spacial score (nSPS) is 13.6. The molecule has 0 amide bonds. The number of carboxylic acids is 1. The molecule has 0 aliphatic carbocycles. The van der Waals surface area contributed by atoms with Crippen molar-refractivity contribution >= 4 is 38.3 Å². The Kier molecular flexibility index (Phi) is 5.24. The van der Waals surface area contributed by atoms with E-state index < -0.39 is 12.0 Å². The van der Waals surface area contributed by atoms with Crippen LogP contribution in [0, 0.1) is 0 Å². The molecule has 0 fully saturated rings. The first-order valence-electron chi connectivity index (χ1n) is 2.54. The molecule has 0 spiro atoms. The van der Waals surface area contributed by atoms with Gasteiger partial charge in [0.25, 0.3) is 0 Å². The number of hydrogen-bond acceptors (Lipinski definition) is 3. The summed E-state index contributed by atoms with van der Waals surface area (Å²) in [6.45, 7) is -0.148. The van der Waals surface area contributed by atoms with Gasteiger partial charge in [-0.1, -0.05) is 0 Å². The van der Waals surface area contributed by atoms with Crippen molar-refractivity contribution in [3.8, 4) is 0 Å². The Morgan fingerprint density at radius 2 is 2.10 bits per heavy atom.